The predicted octanol–water partition coefficient (Wildman–Crippen LogP) is -1.46. The van der Waals surface area contributed by atoms with Crippen LogP contribution >= 0.6 is 0 Å². The highest BCUT2D eigenvalue weighted by Gasteiger charge is 2.35. The third-order valence-corrected chi connectivity index (χ3v) is 3.26. The van der Waals surface area contributed by atoms with E-state index in [0.717, 1.165) is 0 Å². The first-order chi connectivity index (χ1) is 10.1. The Kier molecular flexibility index (Phi) is 9.19. The van der Waals surface area contributed by atoms with E-state index in [1.807, 2.05) is 13.8 Å². The van der Waals surface area contributed by atoms with E-state index < -0.39 is 42.3 Å². The van der Waals surface area contributed by atoms with Crippen molar-refractivity contribution in [1.82, 2.24) is 5.32 Å². The summed E-state index contributed by atoms with van der Waals surface area (Å²) in [6.45, 7) is 5.26. The number of hydrogen-bond donors (Lipinski definition) is 5. The van der Waals surface area contributed by atoms with Crippen molar-refractivity contribution in [3.63, 3.8) is 0 Å². The summed E-state index contributed by atoms with van der Waals surface area (Å²) < 4.78 is 4.57. The lowest BCUT2D eigenvalue weighted by molar-refractivity contribution is -0.153. The molecule has 0 heterocycles. The maximum Gasteiger partial charge on any atom is 0.328 e. The fraction of sp³-hybridized carbons (Fsp3) is 0.857. The molecule has 0 aromatic heterocycles. The molecular weight excluding hydrogens is 294 g/mol. The summed E-state index contributed by atoms with van der Waals surface area (Å²) in [7, 11) is 1.18. The van der Waals surface area contributed by atoms with Crippen LogP contribution in [0.3, 0.4) is 0 Å². The second-order valence-corrected chi connectivity index (χ2v) is 5.62. The molecule has 0 aromatic rings. The van der Waals surface area contributed by atoms with Crippen molar-refractivity contribution in [3.05, 3.63) is 0 Å². The second kappa shape index (κ2) is 9.73. The van der Waals surface area contributed by atoms with Crippen molar-refractivity contribution >= 4 is 11.9 Å². The molecule has 0 fully saturated rings. The SMILES string of the molecule is CC[C@@H](O)[C@@H](O)[C@H](O)[C@@H](O)C(=O)NC(CC(C)C)C(=O)OC. The highest BCUT2D eigenvalue weighted by molar-refractivity contribution is 5.87. The molecule has 5 atom stereocenters. The number of aliphatic hydroxyl groups is 4. The lowest BCUT2D eigenvalue weighted by Crippen LogP contribution is -2.54. The van der Waals surface area contributed by atoms with Crippen LogP contribution < -0.4 is 5.32 Å². The zero-order valence-corrected chi connectivity index (χ0v) is 13.4. The summed E-state index contributed by atoms with van der Waals surface area (Å²) >= 11 is 0. The van der Waals surface area contributed by atoms with Crippen molar-refractivity contribution < 1.29 is 34.8 Å². The maximum atomic E-state index is 11.9. The van der Waals surface area contributed by atoms with Gasteiger partial charge in [-0.2, -0.15) is 0 Å². The molecule has 130 valence electrons. The molecule has 1 unspecified atom stereocenters. The van der Waals surface area contributed by atoms with Gasteiger partial charge in [0.15, 0.2) is 6.10 Å². The first-order valence-electron chi connectivity index (χ1n) is 7.26. The first-order valence-corrected chi connectivity index (χ1v) is 7.26. The lowest BCUT2D eigenvalue weighted by atomic mass is 9.99. The highest BCUT2D eigenvalue weighted by atomic mass is 16.5. The fourth-order valence-electron chi connectivity index (χ4n) is 1.90. The molecule has 0 aliphatic carbocycles. The van der Waals surface area contributed by atoms with Crippen molar-refractivity contribution in [2.24, 2.45) is 5.92 Å². The van der Waals surface area contributed by atoms with Gasteiger partial charge in [0.05, 0.1) is 13.2 Å². The Labute approximate surface area is 130 Å². The number of ether oxygens (including phenoxy) is 1. The summed E-state index contributed by atoms with van der Waals surface area (Å²) in [6, 6.07) is -0.965. The zero-order chi connectivity index (χ0) is 17.4. The van der Waals surface area contributed by atoms with Gasteiger partial charge in [0.25, 0.3) is 5.91 Å². The van der Waals surface area contributed by atoms with Crippen LogP contribution in [0.4, 0.5) is 0 Å². The number of amides is 1. The average Bonchev–Trinajstić information content (AvgIpc) is 2.49. The third kappa shape index (κ3) is 6.27. The maximum absolute atomic E-state index is 11.9. The molecule has 0 saturated carbocycles. The average molecular weight is 321 g/mol. The Bertz CT molecular complexity index is 361. The fourth-order valence-corrected chi connectivity index (χ4v) is 1.90. The molecule has 0 saturated heterocycles. The Morgan fingerprint density at radius 2 is 1.64 bits per heavy atom. The smallest absolute Gasteiger partial charge is 0.328 e. The number of rotatable bonds is 9. The van der Waals surface area contributed by atoms with Crippen LogP contribution in [0.1, 0.15) is 33.6 Å². The van der Waals surface area contributed by atoms with Gasteiger partial charge in [0.1, 0.15) is 18.2 Å². The van der Waals surface area contributed by atoms with Crippen molar-refractivity contribution in [1.29, 1.82) is 0 Å². The largest absolute Gasteiger partial charge is 0.467 e. The molecule has 0 spiro atoms. The Hall–Kier alpha value is -1.22. The van der Waals surface area contributed by atoms with E-state index in [-0.39, 0.29) is 12.3 Å². The molecule has 8 nitrogen and oxygen atoms in total. The van der Waals surface area contributed by atoms with Crippen LogP contribution in [0.15, 0.2) is 0 Å². The first kappa shape index (κ1) is 20.8. The van der Waals surface area contributed by atoms with Gasteiger partial charge in [-0.25, -0.2) is 4.79 Å². The number of carbonyl (C=O) groups is 2. The highest BCUT2D eigenvalue weighted by Crippen LogP contribution is 2.10. The van der Waals surface area contributed by atoms with Crippen molar-refractivity contribution in [2.75, 3.05) is 7.11 Å². The van der Waals surface area contributed by atoms with Gasteiger partial charge in [0, 0.05) is 0 Å². The minimum absolute atomic E-state index is 0.0824. The van der Waals surface area contributed by atoms with Gasteiger partial charge < -0.3 is 30.5 Å². The molecular formula is C14H27NO7. The quantitative estimate of drug-likeness (QED) is 0.327. The summed E-state index contributed by atoms with van der Waals surface area (Å²) in [6.07, 6.45) is -6.36. The molecule has 0 radical (unpaired) electrons. The van der Waals surface area contributed by atoms with Crippen LogP contribution in [-0.4, -0.2) is 69.9 Å². The number of nitrogens with one attached hydrogen (secondary N) is 1. The van der Waals surface area contributed by atoms with E-state index in [1.165, 1.54) is 7.11 Å². The summed E-state index contributed by atoms with van der Waals surface area (Å²) in [5.74, 6) is -1.61. The molecule has 0 rings (SSSR count). The minimum atomic E-state index is -1.98. The minimum Gasteiger partial charge on any atom is -0.467 e. The number of methoxy groups -OCH3 is 1. The standard InChI is InChI=1S/C14H27NO7/c1-5-9(16)10(17)11(18)12(19)13(20)15-8(6-7(2)3)14(21)22-4/h7-12,16-19H,5-6H2,1-4H3,(H,15,20)/t8?,9-,10-,11+,12-/m1/s1. The van der Waals surface area contributed by atoms with E-state index in [1.54, 1.807) is 6.92 Å². The molecule has 1 amide bonds. The molecule has 22 heavy (non-hydrogen) atoms. The van der Waals surface area contributed by atoms with E-state index in [9.17, 15) is 30.0 Å². The van der Waals surface area contributed by atoms with Gasteiger partial charge in [0.2, 0.25) is 0 Å². The number of esters is 1. The zero-order valence-electron chi connectivity index (χ0n) is 13.4. The number of aliphatic hydroxyl groups excluding tert-OH is 4. The van der Waals surface area contributed by atoms with E-state index >= 15 is 0 Å². The molecule has 0 aliphatic heterocycles. The molecule has 0 aromatic carbocycles. The normalized spacial score (nSPS) is 18.2. The molecule has 8 heteroatoms. The lowest BCUT2D eigenvalue weighted by Gasteiger charge is -2.26. The summed E-state index contributed by atoms with van der Waals surface area (Å²) in [4.78, 5) is 23.5. The van der Waals surface area contributed by atoms with Gasteiger partial charge in [-0.05, 0) is 18.8 Å². The third-order valence-electron chi connectivity index (χ3n) is 3.26. The van der Waals surface area contributed by atoms with E-state index in [0.29, 0.717) is 6.42 Å². The van der Waals surface area contributed by atoms with Gasteiger partial charge >= 0.3 is 5.97 Å². The van der Waals surface area contributed by atoms with Crippen LogP contribution in [0.25, 0.3) is 0 Å². The van der Waals surface area contributed by atoms with Crippen LogP contribution in [-0.2, 0) is 14.3 Å². The molecule has 5 N–H and O–H groups in total. The van der Waals surface area contributed by atoms with Crippen molar-refractivity contribution in [3.8, 4) is 0 Å². The summed E-state index contributed by atoms with van der Waals surface area (Å²) in [5, 5.41) is 40.8. The molecule has 0 bridgehead atoms. The number of carbonyl (C=O) groups excluding carboxylic acids is 2. The van der Waals surface area contributed by atoms with Gasteiger partial charge in [-0.15, -0.1) is 0 Å². The van der Waals surface area contributed by atoms with Gasteiger partial charge in [-0.3, -0.25) is 4.79 Å². The summed E-state index contributed by atoms with van der Waals surface area (Å²) in [5.41, 5.74) is 0. The molecule has 0 aliphatic rings. The van der Waals surface area contributed by atoms with Crippen LogP contribution in [0.5, 0.6) is 0 Å². The van der Waals surface area contributed by atoms with E-state index in [2.05, 4.69) is 10.1 Å². The predicted molar refractivity (Wildman–Crippen MR) is 77.7 cm³/mol. The Balaban J connectivity index is 4.81. The number of hydrogen-bond acceptors (Lipinski definition) is 7. The monoisotopic (exact) mass is 321 g/mol. The van der Waals surface area contributed by atoms with Gasteiger partial charge in [-0.1, -0.05) is 20.8 Å². The van der Waals surface area contributed by atoms with Crippen LogP contribution in [0.2, 0.25) is 0 Å². The van der Waals surface area contributed by atoms with Crippen LogP contribution in [0, 0.1) is 5.92 Å². The van der Waals surface area contributed by atoms with Crippen molar-refractivity contribution in [2.45, 2.75) is 64.1 Å². The second-order valence-electron chi connectivity index (χ2n) is 5.62. The van der Waals surface area contributed by atoms with E-state index in [4.69, 9.17) is 0 Å². The Morgan fingerprint density at radius 1 is 1.09 bits per heavy atom. The topological polar surface area (TPSA) is 136 Å². The Morgan fingerprint density at radius 3 is 2.05 bits per heavy atom.